The summed E-state index contributed by atoms with van der Waals surface area (Å²) in [6, 6.07) is 2.17. The van der Waals surface area contributed by atoms with Gasteiger partial charge in [0.25, 0.3) is 0 Å². The van der Waals surface area contributed by atoms with E-state index in [4.69, 9.17) is 0 Å². The van der Waals surface area contributed by atoms with Crippen LogP contribution in [0.15, 0.2) is 16.7 Å². The number of hydrogen-bond acceptors (Lipinski definition) is 4. The fourth-order valence-corrected chi connectivity index (χ4v) is 2.23. The second-order valence-corrected chi connectivity index (χ2v) is 5.21. The summed E-state index contributed by atoms with van der Waals surface area (Å²) >= 11 is 3.44. The van der Waals surface area contributed by atoms with E-state index in [1.807, 2.05) is 19.2 Å². The zero-order valence-electron chi connectivity index (χ0n) is 10.4. The Balaban J connectivity index is 1.99. The molecule has 1 aliphatic rings. The normalized spacial score (nSPS) is 18.8. The maximum absolute atomic E-state index is 11.1. The van der Waals surface area contributed by atoms with E-state index in [0.717, 1.165) is 35.4 Å². The maximum Gasteiger partial charge on any atom is 0.407 e. The van der Waals surface area contributed by atoms with Gasteiger partial charge in [0.05, 0.1) is 13.2 Å². The first-order chi connectivity index (χ1) is 8.60. The van der Waals surface area contributed by atoms with Crippen molar-refractivity contribution < 1.29 is 9.53 Å². The number of carbonyl (C=O) groups is 1. The molecule has 0 bridgehead atoms. The molecule has 1 aliphatic heterocycles. The van der Waals surface area contributed by atoms with Gasteiger partial charge in [0.15, 0.2) is 0 Å². The smallest absolute Gasteiger partial charge is 0.407 e. The van der Waals surface area contributed by atoms with Gasteiger partial charge >= 0.3 is 6.09 Å². The Morgan fingerprint density at radius 3 is 3.11 bits per heavy atom. The number of amides is 1. The molecular formula is C12H16BrN3O2. The van der Waals surface area contributed by atoms with Gasteiger partial charge in [0.2, 0.25) is 0 Å². The van der Waals surface area contributed by atoms with Crippen LogP contribution in [0.3, 0.4) is 0 Å². The maximum atomic E-state index is 11.1. The largest absolute Gasteiger partial charge is 0.453 e. The lowest BCUT2D eigenvalue weighted by molar-refractivity contribution is 0.167. The number of anilines is 1. The molecule has 18 heavy (non-hydrogen) atoms. The third-order valence-corrected chi connectivity index (χ3v) is 3.88. The number of hydrogen-bond donors (Lipinski definition) is 1. The summed E-state index contributed by atoms with van der Waals surface area (Å²) in [5.41, 5.74) is 1.16. The summed E-state index contributed by atoms with van der Waals surface area (Å²) < 4.78 is 5.61. The van der Waals surface area contributed by atoms with Crippen LogP contribution >= 0.6 is 15.9 Å². The van der Waals surface area contributed by atoms with Crippen molar-refractivity contribution in [1.82, 2.24) is 10.3 Å². The van der Waals surface area contributed by atoms with Gasteiger partial charge in [-0.3, -0.25) is 0 Å². The van der Waals surface area contributed by atoms with Gasteiger partial charge in [0.1, 0.15) is 5.82 Å². The summed E-state index contributed by atoms with van der Waals surface area (Å²) in [5.74, 6) is 0.949. The number of nitrogens with zero attached hydrogens (tertiary/aromatic N) is 2. The molecule has 98 valence electrons. The molecule has 1 aromatic heterocycles. The lowest BCUT2D eigenvalue weighted by atomic mass is 10.3. The average molecular weight is 314 g/mol. The Morgan fingerprint density at radius 2 is 2.44 bits per heavy atom. The van der Waals surface area contributed by atoms with Gasteiger partial charge < -0.3 is 15.0 Å². The summed E-state index contributed by atoms with van der Waals surface area (Å²) in [6.07, 6.45) is 2.35. The molecule has 2 heterocycles. The van der Waals surface area contributed by atoms with E-state index in [-0.39, 0.29) is 12.1 Å². The number of ether oxygens (including phenoxy) is 1. The highest BCUT2D eigenvalue weighted by Crippen LogP contribution is 2.23. The van der Waals surface area contributed by atoms with E-state index in [1.54, 1.807) is 0 Å². The van der Waals surface area contributed by atoms with Crippen LogP contribution in [0.2, 0.25) is 0 Å². The molecule has 1 fully saturated rings. The van der Waals surface area contributed by atoms with Gasteiger partial charge in [-0.15, -0.1) is 0 Å². The standard InChI is InChI=1S/C12H16BrN3O2/c1-8-5-11(14-6-10(8)13)16-4-3-9(7-16)15-12(17)18-2/h5-6,9H,3-4,7H2,1-2H3,(H,15,17). The van der Waals surface area contributed by atoms with Crippen LogP contribution in [0.25, 0.3) is 0 Å². The molecule has 1 amide bonds. The highest BCUT2D eigenvalue weighted by atomic mass is 79.9. The number of carbonyl (C=O) groups excluding carboxylic acids is 1. The predicted molar refractivity (Wildman–Crippen MR) is 72.8 cm³/mol. The van der Waals surface area contributed by atoms with Crippen molar-refractivity contribution in [1.29, 1.82) is 0 Å². The topological polar surface area (TPSA) is 54.5 Å². The molecule has 0 aromatic carbocycles. The minimum absolute atomic E-state index is 0.128. The van der Waals surface area contributed by atoms with Gasteiger partial charge in [-0.05, 0) is 40.9 Å². The number of rotatable bonds is 2. The molecule has 5 nitrogen and oxygen atoms in total. The van der Waals surface area contributed by atoms with E-state index in [9.17, 15) is 4.79 Å². The molecule has 2 rings (SSSR count). The lowest BCUT2D eigenvalue weighted by Gasteiger charge is -2.18. The first-order valence-electron chi connectivity index (χ1n) is 5.81. The summed E-state index contributed by atoms with van der Waals surface area (Å²) in [4.78, 5) is 17.7. The molecule has 0 saturated carbocycles. The Morgan fingerprint density at radius 1 is 1.67 bits per heavy atom. The van der Waals surface area contributed by atoms with Crippen LogP contribution in [-0.4, -0.2) is 37.3 Å². The van der Waals surface area contributed by atoms with Crippen molar-refractivity contribution in [2.45, 2.75) is 19.4 Å². The number of aromatic nitrogens is 1. The minimum atomic E-state index is -0.373. The molecule has 0 radical (unpaired) electrons. The molecule has 0 spiro atoms. The minimum Gasteiger partial charge on any atom is -0.453 e. The van der Waals surface area contributed by atoms with Crippen LogP contribution in [0.1, 0.15) is 12.0 Å². The van der Waals surface area contributed by atoms with Crippen LogP contribution in [-0.2, 0) is 4.74 Å². The fraction of sp³-hybridized carbons (Fsp3) is 0.500. The SMILES string of the molecule is COC(=O)NC1CCN(c2cc(C)c(Br)cn2)C1. The first-order valence-corrected chi connectivity index (χ1v) is 6.61. The molecule has 6 heteroatoms. The van der Waals surface area contributed by atoms with E-state index in [1.165, 1.54) is 7.11 Å². The molecule has 1 saturated heterocycles. The van der Waals surface area contributed by atoms with Crippen LogP contribution in [0.4, 0.5) is 10.6 Å². The number of alkyl carbamates (subject to hydrolysis) is 1. The molecule has 1 aromatic rings. The molecule has 1 N–H and O–H groups in total. The lowest BCUT2D eigenvalue weighted by Crippen LogP contribution is -2.37. The molecular weight excluding hydrogens is 298 g/mol. The summed E-state index contributed by atoms with van der Waals surface area (Å²) in [7, 11) is 1.38. The fourth-order valence-electron chi connectivity index (χ4n) is 2.01. The zero-order chi connectivity index (χ0) is 13.1. The molecule has 0 aliphatic carbocycles. The Hall–Kier alpha value is -1.30. The van der Waals surface area contributed by atoms with Gasteiger partial charge in [-0.25, -0.2) is 9.78 Å². The highest BCUT2D eigenvalue weighted by molar-refractivity contribution is 9.10. The Kier molecular flexibility index (Phi) is 4.06. The van der Waals surface area contributed by atoms with E-state index in [0.29, 0.717) is 0 Å². The third kappa shape index (κ3) is 2.93. The number of aryl methyl sites for hydroxylation is 1. The number of pyridine rings is 1. The Bertz CT molecular complexity index is 453. The second kappa shape index (κ2) is 5.56. The Labute approximate surface area is 115 Å². The predicted octanol–water partition coefficient (Wildman–Crippen LogP) is 2.09. The highest BCUT2D eigenvalue weighted by Gasteiger charge is 2.25. The van der Waals surface area contributed by atoms with E-state index < -0.39 is 0 Å². The van der Waals surface area contributed by atoms with E-state index >= 15 is 0 Å². The van der Waals surface area contributed by atoms with Crippen molar-refractivity contribution >= 4 is 27.8 Å². The van der Waals surface area contributed by atoms with Crippen molar-refractivity contribution in [2.24, 2.45) is 0 Å². The van der Waals surface area contributed by atoms with Crippen LogP contribution in [0, 0.1) is 6.92 Å². The van der Waals surface area contributed by atoms with Gasteiger partial charge in [-0.2, -0.15) is 0 Å². The zero-order valence-corrected chi connectivity index (χ0v) is 12.0. The first kappa shape index (κ1) is 13.1. The van der Waals surface area contributed by atoms with Crippen molar-refractivity contribution in [2.75, 3.05) is 25.1 Å². The van der Waals surface area contributed by atoms with Crippen molar-refractivity contribution in [3.8, 4) is 0 Å². The van der Waals surface area contributed by atoms with Crippen molar-refractivity contribution in [3.05, 3.63) is 22.3 Å². The van der Waals surface area contributed by atoms with Crippen LogP contribution < -0.4 is 10.2 Å². The average Bonchev–Trinajstić information content (AvgIpc) is 2.81. The van der Waals surface area contributed by atoms with E-state index in [2.05, 4.69) is 35.9 Å². The number of methoxy groups -OCH3 is 1. The third-order valence-electron chi connectivity index (χ3n) is 3.05. The number of nitrogens with one attached hydrogen (secondary N) is 1. The second-order valence-electron chi connectivity index (χ2n) is 4.36. The van der Waals surface area contributed by atoms with Crippen molar-refractivity contribution in [3.63, 3.8) is 0 Å². The monoisotopic (exact) mass is 313 g/mol. The molecule has 1 unspecified atom stereocenters. The van der Waals surface area contributed by atoms with Crippen LogP contribution in [0.5, 0.6) is 0 Å². The summed E-state index contributed by atoms with van der Waals surface area (Å²) in [5, 5.41) is 2.81. The molecule has 1 atom stereocenters. The van der Waals surface area contributed by atoms with Gasteiger partial charge in [0, 0.05) is 23.8 Å². The number of halogens is 1. The van der Waals surface area contributed by atoms with Gasteiger partial charge in [-0.1, -0.05) is 0 Å². The quantitative estimate of drug-likeness (QED) is 0.908. The summed E-state index contributed by atoms with van der Waals surface area (Å²) in [6.45, 7) is 3.70.